The standard InChI is InChI=1S/C17H13NO5/c1-22-9-7-12-14(13(8-9)23-2)15(19)17(21)11-6-4-3-5-10(11)16(20)18(12)17/h3-8,21H,1-2H3. The van der Waals surface area contributed by atoms with E-state index in [9.17, 15) is 14.7 Å². The molecule has 0 fully saturated rings. The van der Waals surface area contributed by atoms with Gasteiger partial charge in [-0.25, -0.2) is 0 Å². The maximum absolute atomic E-state index is 12.9. The van der Waals surface area contributed by atoms with Crippen LogP contribution in [-0.4, -0.2) is 31.0 Å². The average Bonchev–Trinajstić information content (AvgIpc) is 2.95. The van der Waals surface area contributed by atoms with E-state index in [4.69, 9.17) is 9.47 Å². The van der Waals surface area contributed by atoms with Crippen molar-refractivity contribution < 1.29 is 24.2 Å². The predicted molar refractivity (Wildman–Crippen MR) is 81.0 cm³/mol. The molecule has 0 saturated carbocycles. The third-order valence-electron chi connectivity index (χ3n) is 4.35. The molecule has 0 bridgehead atoms. The lowest BCUT2D eigenvalue weighted by Crippen LogP contribution is -2.44. The molecule has 1 N–H and O–H groups in total. The highest BCUT2D eigenvalue weighted by molar-refractivity contribution is 6.28. The number of fused-ring (bicyclic) bond motifs is 5. The summed E-state index contributed by atoms with van der Waals surface area (Å²) < 4.78 is 10.5. The van der Waals surface area contributed by atoms with Crippen LogP contribution in [0.2, 0.25) is 0 Å². The fourth-order valence-electron chi connectivity index (χ4n) is 3.30. The molecule has 1 amide bonds. The molecule has 2 aliphatic heterocycles. The Kier molecular flexibility index (Phi) is 2.59. The number of carbonyl (C=O) groups excluding carboxylic acids is 2. The minimum absolute atomic E-state index is 0.179. The molecule has 2 aromatic carbocycles. The minimum atomic E-state index is -2.03. The van der Waals surface area contributed by atoms with Crippen LogP contribution < -0.4 is 14.4 Å². The lowest BCUT2D eigenvalue weighted by atomic mass is 9.95. The van der Waals surface area contributed by atoms with E-state index in [0.29, 0.717) is 11.3 Å². The van der Waals surface area contributed by atoms with Crippen LogP contribution in [0.1, 0.15) is 26.3 Å². The summed E-state index contributed by atoms with van der Waals surface area (Å²) in [7, 11) is 2.90. The molecule has 0 spiro atoms. The average molecular weight is 311 g/mol. The quantitative estimate of drug-likeness (QED) is 0.913. The number of carbonyl (C=O) groups is 2. The third-order valence-corrected chi connectivity index (χ3v) is 4.35. The Morgan fingerprint density at radius 2 is 1.83 bits per heavy atom. The fourth-order valence-corrected chi connectivity index (χ4v) is 3.30. The van der Waals surface area contributed by atoms with E-state index in [0.717, 1.165) is 4.90 Å². The number of Topliss-reactive ketones (excluding diaryl/α,β-unsaturated/α-hetero) is 1. The first-order chi connectivity index (χ1) is 11.0. The van der Waals surface area contributed by atoms with E-state index in [2.05, 4.69) is 0 Å². The number of methoxy groups -OCH3 is 2. The number of amides is 1. The van der Waals surface area contributed by atoms with Crippen molar-refractivity contribution in [3.8, 4) is 11.5 Å². The molecule has 116 valence electrons. The molecule has 2 aliphatic rings. The van der Waals surface area contributed by atoms with Crippen LogP contribution in [-0.2, 0) is 5.72 Å². The zero-order valence-electron chi connectivity index (χ0n) is 12.5. The summed E-state index contributed by atoms with van der Waals surface area (Å²) in [5.41, 5.74) is -0.966. The summed E-state index contributed by atoms with van der Waals surface area (Å²) in [6, 6.07) is 9.66. The Morgan fingerprint density at radius 3 is 2.52 bits per heavy atom. The highest BCUT2D eigenvalue weighted by Crippen LogP contribution is 2.52. The Balaban J connectivity index is 2.04. The van der Waals surface area contributed by atoms with Crippen molar-refractivity contribution in [1.29, 1.82) is 0 Å². The summed E-state index contributed by atoms with van der Waals surface area (Å²) in [5, 5.41) is 11.1. The van der Waals surface area contributed by atoms with Crippen LogP contribution in [0.5, 0.6) is 11.5 Å². The minimum Gasteiger partial charge on any atom is -0.497 e. The fraction of sp³-hybridized carbons (Fsp3) is 0.176. The monoisotopic (exact) mass is 311 g/mol. The van der Waals surface area contributed by atoms with E-state index >= 15 is 0 Å². The van der Waals surface area contributed by atoms with Gasteiger partial charge in [-0.05, 0) is 6.07 Å². The Bertz CT molecular complexity index is 875. The molecule has 1 unspecified atom stereocenters. The highest BCUT2D eigenvalue weighted by Gasteiger charge is 2.61. The van der Waals surface area contributed by atoms with Gasteiger partial charge in [0.1, 0.15) is 11.5 Å². The smallest absolute Gasteiger partial charge is 0.261 e. The van der Waals surface area contributed by atoms with Crippen LogP contribution in [0.15, 0.2) is 36.4 Å². The van der Waals surface area contributed by atoms with Crippen molar-refractivity contribution in [2.75, 3.05) is 19.1 Å². The lowest BCUT2D eigenvalue weighted by molar-refractivity contribution is 0.0359. The molecule has 1 atom stereocenters. The van der Waals surface area contributed by atoms with Crippen molar-refractivity contribution in [2.24, 2.45) is 0 Å². The van der Waals surface area contributed by atoms with Gasteiger partial charge in [0.2, 0.25) is 11.5 Å². The molecule has 0 aromatic heterocycles. The molecule has 23 heavy (non-hydrogen) atoms. The van der Waals surface area contributed by atoms with Gasteiger partial charge in [0.25, 0.3) is 5.91 Å². The predicted octanol–water partition coefficient (Wildman–Crippen LogP) is 1.71. The Labute approximate surface area is 131 Å². The topological polar surface area (TPSA) is 76.1 Å². The molecule has 4 rings (SSSR count). The van der Waals surface area contributed by atoms with Gasteiger partial charge in [-0.15, -0.1) is 0 Å². The molecule has 2 heterocycles. The van der Waals surface area contributed by atoms with E-state index in [1.54, 1.807) is 36.4 Å². The van der Waals surface area contributed by atoms with Gasteiger partial charge in [0.15, 0.2) is 0 Å². The summed E-state index contributed by atoms with van der Waals surface area (Å²) >= 11 is 0. The normalized spacial score (nSPS) is 21.1. The van der Waals surface area contributed by atoms with Crippen molar-refractivity contribution in [3.05, 3.63) is 53.1 Å². The summed E-state index contributed by atoms with van der Waals surface area (Å²) in [6.07, 6.45) is 0. The molecular weight excluding hydrogens is 298 g/mol. The number of hydrogen-bond donors (Lipinski definition) is 1. The number of nitrogens with zero attached hydrogens (tertiary/aromatic N) is 1. The van der Waals surface area contributed by atoms with Crippen LogP contribution in [0.4, 0.5) is 5.69 Å². The van der Waals surface area contributed by atoms with Crippen molar-refractivity contribution in [3.63, 3.8) is 0 Å². The molecule has 2 aromatic rings. The van der Waals surface area contributed by atoms with E-state index in [1.165, 1.54) is 14.2 Å². The molecule has 0 aliphatic carbocycles. The number of ketones is 1. The number of rotatable bonds is 2. The lowest BCUT2D eigenvalue weighted by Gasteiger charge is -2.25. The number of hydrogen-bond acceptors (Lipinski definition) is 5. The van der Waals surface area contributed by atoms with Crippen LogP contribution >= 0.6 is 0 Å². The molecule has 6 nitrogen and oxygen atoms in total. The second-order valence-electron chi connectivity index (χ2n) is 5.41. The van der Waals surface area contributed by atoms with Crippen molar-refractivity contribution in [1.82, 2.24) is 0 Å². The maximum Gasteiger partial charge on any atom is 0.261 e. The van der Waals surface area contributed by atoms with Gasteiger partial charge in [0, 0.05) is 23.3 Å². The SMILES string of the molecule is COc1cc(OC)c2c(c1)N1C(=O)c3ccccc3C1(O)C2=O. The summed E-state index contributed by atoms with van der Waals surface area (Å²) in [4.78, 5) is 26.8. The zero-order valence-corrected chi connectivity index (χ0v) is 12.5. The number of anilines is 1. The first-order valence-electron chi connectivity index (χ1n) is 7.01. The second-order valence-corrected chi connectivity index (χ2v) is 5.41. The van der Waals surface area contributed by atoms with Crippen molar-refractivity contribution in [2.45, 2.75) is 5.72 Å². The first kappa shape index (κ1) is 13.8. The van der Waals surface area contributed by atoms with E-state index in [-0.39, 0.29) is 22.6 Å². The van der Waals surface area contributed by atoms with Gasteiger partial charge in [-0.3, -0.25) is 14.5 Å². The number of benzene rings is 2. The summed E-state index contributed by atoms with van der Waals surface area (Å²) in [5.74, 6) is -0.310. The van der Waals surface area contributed by atoms with Gasteiger partial charge >= 0.3 is 0 Å². The Morgan fingerprint density at radius 1 is 1.09 bits per heavy atom. The van der Waals surface area contributed by atoms with Gasteiger partial charge in [0.05, 0.1) is 25.5 Å². The number of aliphatic hydroxyl groups is 1. The first-order valence-corrected chi connectivity index (χ1v) is 7.01. The van der Waals surface area contributed by atoms with Crippen LogP contribution in [0.25, 0.3) is 0 Å². The molecule has 0 saturated heterocycles. The van der Waals surface area contributed by atoms with E-state index < -0.39 is 17.4 Å². The second kappa shape index (κ2) is 4.33. The van der Waals surface area contributed by atoms with Gasteiger partial charge in [-0.2, -0.15) is 0 Å². The van der Waals surface area contributed by atoms with E-state index in [1.807, 2.05) is 0 Å². The zero-order chi connectivity index (χ0) is 16.4. The number of ether oxygens (including phenoxy) is 2. The molecular formula is C17H13NO5. The largest absolute Gasteiger partial charge is 0.497 e. The van der Waals surface area contributed by atoms with Crippen LogP contribution in [0.3, 0.4) is 0 Å². The van der Waals surface area contributed by atoms with Crippen molar-refractivity contribution >= 4 is 17.4 Å². The Hall–Kier alpha value is -2.86. The summed E-state index contributed by atoms with van der Waals surface area (Å²) in [6.45, 7) is 0. The molecule has 0 radical (unpaired) electrons. The van der Waals surface area contributed by atoms with Gasteiger partial charge < -0.3 is 14.6 Å². The van der Waals surface area contributed by atoms with Crippen LogP contribution in [0, 0.1) is 0 Å². The molecule has 6 heteroatoms. The third kappa shape index (κ3) is 1.46. The highest BCUT2D eigenvalue weighted by atomic mass is 16.5. The maximum atomic E-state index is 12.9. The van der Waals surface area contributed by atoms with Gasteiger partial charge in [-0.1, -0.05) is 18.2 Å².